The molecule has 0 N–H and O–H groups in total. The van der Waals surface area contributed by atoms with Crippen LogP contribution in [0.1, 0.15) is 12.5 Å². The van der Waals surface area contributed by atoms with Crippen LogP contribution in [0, 0.1) is 0 Å². The molecular formula is C13H12O4S. The predicted molar refractivity (Wildman–Crippen MR) is 68.3 cm³/mol. The Hall–Kier alpha value is -1.75. The summed E-state index contributed by atoms with van der Waals surface area (Å²) in [7, 11) is 0. The van der Waals surface area contributed by atoms with Crippen molar-refractivity contribution in [2.45, 2.75) is 13.3 Å². The molecule has 0 bridgehead atoms. The van der Waals surface area contributed by atoms with Crippen molar-refractivity contribution in [2.24, 2.45) is 0 Å². The molecule has 0 saturated carbocycles. The zero-order chi connectivity index (χ0) is 12.5. The number of carbonyl (C=O) groups is 1. The molecule has 1 aliphatic rings. The first-order chi connectivity index (χ1) is 8.78. The van der Waals surface area contributed by atoms with Gasteiger partial charge in [-0.15, -0.1) is 11.3 Å². The fraction of sp³-hybridized carbons (Fsp3) is 0.308. The van der Waals surface area contributed by atoms with Gasteiger partial charge >= 0.3 is 5.97 Å². The van der Waals surface area contributed by atoms with Crippen molar-refractivity contribution in [3.05, 3.63) is 23.1 Å². The molecule has 2 heterocycles. The van der Waals surface area contributed by atoms with Crippen LogP contribution < -0.4 is 9.47 Å². The van der Waals surface area contributed by atoms with E-state index in [2.05, 4.69) is 0 Å². The molecular weight excluding hydrogens is 252 g/mol. The van der Waals surface area contributed by atoms with Crippen LogP contribution in [0.3, 0.4) is 0 Å². The number of benzene rings is 1. The molecule has 0 saturated heterocycles. The van der Waals surface area contributed by atoms with Crippen molar-refractivity contribution in [3.8, 4) is 11.5 Å². The highest BCUT2D eigenvalue weighted by atomic mass is 32.1. The summed E-state index contributed by atoms with van der Waals surface area (Å²) in [6.45, 7) is 2.48. The van der Waals surface area contributed by atoms with Gasteiger partial charge in [-0.1, -0.05) is 0 Å². The van der Waals surface area contributed by atoms with Gasteiger partial charge in [0, 0.05) is 16.2 Å². The fourth-order valence-electron chi connectivity index (χ4n) is 1.97. The second kappa shape index (κ2) is 4.49. The van der Waals surface area contributed by atoms with Gasteiger partial charge in [0.25, 0.3) is 0 Å². The van der Waals surface area contributed by atoms with E-state index in [0.29, 0.717) is 13.0 Å². The van der Waals surface area contributed by atoms with Crippen LogP contribution in [-0.2, 0) is 16.0 Å². The number of esters is 1. The lowest BCUT2D eigenvalue weighted by Gasteiger charge is -2.01. The summed E-state index contributed by atoms with van der Waals surface area (Å²) in [5.41, 5.74) is 0.978. The first kappa shape index (κ1) is 11.3. The molecule has 0 amide bonds. The Balaban J connectivity index is 1.96. The highest BCUT2D eigenvalue weighted by Crippen LogP contribution is 2.39. The molecule has 0 unspecified atom stereocenters. The normalized spacial score (nSPS) is 12.9. The van der Waals surface area contributed by atoms with Gasteiger partial charge < -0.3 is 14.2 Å². The maximum Gasteiger partial charge on any atom is 0.310 e. The minimum Gasteiger partial charge on any atom is -0.466 e. The van der Waals surface area contributed by atoms with Crippen molar-refractivity contribution in [3.63, 3.8) is 0 Å². The van der Waals surface area contributed by atoms with Crippen molar-refractivity contribution >= 4 is 27.4 Å². The molecule has 0 radical (unpaired) electrons. The molecule has 1 aliphatic heterocycles. The molecule has 2 aromatic rings. The van der Waals surface area contributed by atoms with Crippen LogP contribution in [0.2, 0.25) is 0 Å². The van der Waals surface area contributed by atoms with Crippen molar-refractivity contribution < 1.29 is 19.0 Å². The van der Waals surface area contributed by atoms with Crippen LogP contribution in [0.15, 0.2) is 17.5 Å². The van der Waals surface area contributed by atoms with E-state index in [1.165, 1.54) is 0 Å². The summed E-state index contributed by atoms with van der Waals surface area (Å²) in [5, 5.41) is 3.02. The maximum atomic E-state index is 11.5. The van der Waals surface area contributed by atoms with Gasteiger partial charge in [-0.05, 0) is 23.9 Å². The van der Waals surface area contributed by atoms with Gasteiger partial charge in [0.05, 0.1) is 13.0 Å². The van der Waals surface area contributed by atoms with Crippen molar-refractivity contribution in [1.29, 1.82) is 0 Å². The number of hydrogen-bond acceptors (Lipinski definition) is 5. The molecule has 5 heteroatoms. The predicted octanol–water partition coefficient (Wildman–Crippen LogP) is 2.74. The summed E-state index contributed by atoms with van der Waals surface area (Å²) in [4.78, 5) is 11.5. The van der Waals surface area contributed by atoms with Crippen molar-refractivity contribution in [1.82, 2.24) is 0 Å². The first-order valence-electron chi connectivity index (χ1n) is 5.73. The first-order valence-corrected chi connectivity index (χ1v) is 6.61. The van der Waals surface area contributed by atoms with Crippen LogP contribution >= 0.6 is 11.3 Å². The second-order valence-electron chi connectivity index (χ2n) is 3.94. The Morgan fingerprint density at radius 2 is 2.17 bits per heavy atom. The minimum absolute atomic E-state index is 0.199. The molecule has 0 atom stereocenters. The number of rotatable bonds is 3. The molecule has 18 heavy (non-hydrogen) atoms. The van der Waals surface area contributed by atoms with E-state index in [0.717, 1.165) is 27.1 Å². The van der Waals surface area contributed by atoms with Gasteiger partial charge in [0.15, 0.2) is 11.5 Å². The molecule has 0 fully saturated rings. The summed E-state index contributed by atoms with van der Waals surface area (Å²) in [5.74, 6) is 1.31. The van der Waals surface area contributed by atoms with Gasteiger partial charge in [-0.3, -0.25) is 4.79 Å². The highest BCUT2D eigenvalue weighted by Gasteiger charge is 2.17. The number of ether oxygens (including phenoxy) is 3. The highest BCUT2D eigenvalue weighted by molar-refractivity contribution is 7.17. The third-order valence-electron chi connectivity index (χ3n) is 2.79. The SMILES string of the molecule is CCOC(=O)Cc1csc2cc3c(cc12)OCO3. The topological polar surface area (TPSA) is 44.8 Å². The minimum atomic E-state index is -0.199. The Morgan fingerprint density at radius 3 is 2.94 bits per heavy atom. The van der Waals surface area contributed by atoms with E-state index in [1.54, 1.807) is 11.3 Å². The zero-order valence-electron chi connectivity index (χ0n) is 9.89. The van der Waals surface area contributed by atoms with E-state index < -0.39 is 0 Å². The van der Waals surface area contributed by atoms with Gasteiger partial charge in [0.1, 0.15) is 0 Å². The summed E-state index contributed by atoms with van der Waals surface area (Å²) in [6.07, 6.45) is 0.299. The Bertz CT molecular complexity index is 602. The van der Waals surface area contributed by atoms with Crippen LogP contribution in [0.25, 0.3) is 10.1 Å². The van der Waals surface area contributed by atoms with Crippen molar-refractivity contribution in [2.75, 3.05) is 13.4 Å². The number of carbonyl (C=O) groups excluding carboxylic acids is 1. The van der Waals surface area contributed by atoms with E-state index >= 15 is 0 Å². The monoisotopic (exact) mass is 264 g/mol. The average molecular weight is 264 g/mol. The molecule has 0 spiro atoms. The van der Waals surface area contributed by atoms with Gasteiger partial charge in [-0.25, -0.2) is 0 Å². The standard InChI is InChI=1S/C13H12O4S/c1-2-15-13(14)3-8-6-18-12-5-11-10(4-9(8)12)16-7-17-11/h4-6H,2-3,7H2,1H3. The van der Waals surface area contributed by atoms with Crippen LogP contribution in [0.4, 0.5) is 0 Å². The summed E-state index contributed by atoms with van der Waals surface area (Å²) >= 11 is 1.60. The Morgan fingerprint density at radius 1 is 1.39 bits per heavy atom. The lowest BCUT2D eigenvalue weighted by Crippen LogP contribution is -2.06. The number of thiophene rings is 1. The average Bonchev–Trinajstić information content (AvgIpc) is 2.94. The van der Waals surface area contributed by atoms with E-state index in [9.17, 15) is 4.79 Å². The molecule has 94 valence electrons. The summed E-state index contributed by atoms with van der Waals surface area (Å²) < 4.78 is 16.7. The fourth-order valence-corrected chi connectivity index (χ4v) is 2.95. The molecule has 1 aromatic carbocycles. The quantitative estimate of drug-likeness (QED) is 0.800. The third-order valence-corrected chi connectivity index (χ3v) is 3.78. The van der Waals surface area contributed by atoms with E-state index in [-0.39, 0.29) is 12.8 Å². The smallest absolute Gasteiger partial charge is 0.310 e. The van der Waals surface area contributed by atoms with E-state index in [1.807, 2.05) is 24.4 Å². The number of hydrogen-bond donors (Lipinski definition) is 0. The molecule has 1 aromatic heterocycles. The maximum absolute atomic E-state index is 11.5. The molecule has 4 nitrogen and oxygen atoms in total. The van der Waals surface area contributed by atoms with Crippen LogP contribution in [-0.4, -0.2) is 19.4 Å². The Kier molecular flexibility index (Phi) is 2.83. The largest absolute Gasteiger partial charge is 0.466 e. The third kappa shape index (κ3) is 1.90. The molecule has 3 rings (SSSR count). The Labute approximate surface area is 108 Å². The second-order valence-corrected chi connectivity index (χ2v) is 4.86. The van der Waals surface area contributed by atoms with Gasteiger partial charge in [0.2, 0.25) is 6.79 Å². The van der Waals surface area contributed by atoms with Crippen LogP contribution in [0.5, 0.6) is 11.5 Å². The van der Waals surface area contributed by atoms with Gasteiger partial charge in [-0.2, -0.15) is 0 Å². The lowest BCUT2D eigenvalue weighted by atomic mass is 10.1. The number of fused-ring (bicyclic) bond motifs is 2. The van der Waals surface area contributed by atoms with E-state index in [4.69, 9.17) is 14.2 Å². The summed E-state index contributed by atoms with van der Waals surface area (Å²) in [6, 6.07) is 3.89. The molecule has 0 aliphatic carbocycles. The zero-order valence-corrected chi connectivity index (χ0v) is 10.7. The lowest BCUT2D eigenvalue weighted by molar-refractivity contribution is -0.142.